The van der Waals surface area contributed by atoms with Crippen molar-refractivity contribution >= 4 is 16.8 Å². The standard InChI is InChI=1S/C15H14FNO2S/c1-19-12-8-9(6-7-10(12)16)14(18)15-17-11-4-2-3-5-13(11)20-15/h2-3,5-8,11,14,18H,4H2,1H3. The number of benzene rings is 1. The van der Waals surface area contributed by atoms with Gasteiger partial charge < -0.3 is 9.84 Å². The van der Waals surface area contributed by atoms with E-state index in [1.54, 1.807) is 6.07 Å². The first-order valence-corrected chi connectivity index (χ1v) is 7.14. The van der Waals surface area contributed by atoms with Crippen molar-refractivity contribution in [3.05, 3.63) is 52.7 Å². The smallest absolute Gasteiger partial charge is 0.165 e. The number of rotatable bonds is 3. The third-order valence-electron chi connectivity index (χ3n) is 3.31. The van der Waals surface area contributed by atoms with Crippen molar-refractivity contribution in [1.82, 2.24) is 0 Å². The third-order valence-corrected chi connectivity index (χ3v) is 4.50. The van der Waals surface area contributed by atoms with Gasteiger partial charge >= 0.3 is 0 Å². The van der Waals surface area contributed by atoms with Gasteiger partial charge in [-0.3, -0.25) is 4.99 Å². The Bertz CT molecular complexity index is 624. The van der Waals surface area contributed by atoms with Gasteiger partial charge in [0, 0.05) is 4.91 Å². The summed E-state index contributed by atoms with van der Waals surface area (Å²) in [7, 11) is 1.40. The van der Waals surface area contributed by atoms with Crippen molar-refractivity contribution in [3.63, 3.8) is 0 Å². The Morgan fingerprint density at radius 1 is 1.50 bits per heavy atom. The van der Waals surface area contributed by atoms with Gasteiger partial charge in [-0.25, -0.2) is 4.39 Å². The molecule has 5 heteroatoms. The van der Waals surface area contributed by atoms with Crippen LogP contribution in [0.3, 0.4) is 0 Å². The molecule has 2 aliphatic rings. The summed E-state index contributed by atoms with van der Waals surface area (Å²) in [6, 6.07) is 4.49. The number of aliphatic hydroxyl groups excluding tert-OH is 1. The number of fused-ring (bicyclic) bond motifs is 1. The van der Waals surface area contributed by atoms with Crippen LogP contribution < -0.4 is 4.74 Å². The van der Waals surface area contributed by atoms with Crippen molar-refractivity contribution in [1.29, 1.82) is 0 Å². The van der Waals surface area contributed by atoms with Crippen LogP contribution >= 0.6 is 11.8 Å². The molecular weight excluding hydrogens is 277 g/mol. The molecule has 1 aromatic carbocycles. The second-order valence-electron chi connectivity index (χ2n) is 4.61. The van der Waals surface area contributed by atoms with Crippen LogP contribution in [0.2, 0.25) is 0 Å². The van der Waals surface area contributed by atoms with E-state index in [-0.39, 0.29) is 11.8 Å². The third kappa shape index (κ3) is 2.39. The molecule has 1 heterocycles. The van der Waals surface area contributed by atoms with Crippen LogP contribution in [0.15, 0.2) is 46.3 Å². The van der Waals surface area contributed by atoms with Crippen LogP contribution in [0.25, 0.3) is 0 Å². The van der Waals surface area contributed by atoms with E-state index in [0.717, 1.165) is 11.3 Å². The highest BCUT2D eigenvalue weighted by Crippen LogP contribution is 2.39. The van der Waals surface area contributed by atoms with Crippen molar-refractivity contribution in [2.45, 2.75) is 18.6 Å². The highest BCUT2D eigenvalue weighted by atomic mass is 32.2. The fourth-order valence-electron chi connectivity index (χ4n) is 2.23. The highest BCUT2D eigenvalue weighted by Gasteiger charge is 2.29. The van der Waals surface area contributed by atoms with Crippen molar-refractivity contribution in [3.8, 4) is 5.75 Å². The molecule has 1 N–H and O–H groups in total. The zero-order chi connectivity index (χ0) is 14.1. The lowest BCUT2D eigenvalue weighted by Crippen LogP contribution is -2.07. The number of aliphatic hydroxyl groups is 1. The van der Waals surface area contributed by atoms with Crippen molar-refractivity contribution in [2.75, 3.05) is 7.11 Å². The van der Waals surface area contributed by atoms with Gasteiger partial charge in [0.15, 0.2) is 11.6 Å². The Balaban J connectivity index is 1.85. The van der Waals surface area contributed by atoms with Crippen LogP contribution in [-0.4, -0.2) is 23.3 Å². The number of allylic oxidation sites excluding steroid dienone is 2. The van der Waals surface area contributed by atoms with E-state index in [2.05, 4.69) is 11.1 Å². The summed E-state index contributed by atoms with van der Waals surface area (Å²) in [5.74, 6) is -0.312. The zero-order valence-corrected chi connectivity index (χ0v) is 11.7. The van der Waals surface area contributed by atoms with Crippen LogP contribution in [0.1, 0.15) is 18.1 Å². The normalized spacial score (nSPS) is 22.1. The van der Waals surface area contributed by atoms with Crippen molar-refractivity contribution < 1.29 is 14.2 Å². The predicted molar refractivity (Wildman–Crippen MR) is 78.6 cm³/mol. The summed E-state index contributed by atoms with van der Waals surface area (Å²) < 4.78 is 18.3. The molecular formula is C15H14FNO2S. The predicted octanol–water partition coefficient (Wildman–Crippen LogP) is 3.23. The SMILES string of the molecule is COc1cc(C(O)C2=NC3CC=CC=C3S2)ccc1F. The van der Waals surface area contributed by atoms with E-state index >= 15 is 0 Å². The average molecular weight is 291 g/mol. The minimum atomic E-state index is -0.846. The molecule has 1 aliphatic heterocycles. The topological polar surface area (TPSA) is 41.8 Å². The summed E-state index contributed by atoms with van der Waals surface area (Å²) in [5, 5.41) is 11.1. The molecule has 0 spiro atoms. The maximum Gasteiger partial charge on any atom is 0.165 e. The summed E-state index contributed by atoms with van der Waals surface area (Å²) in [5.41, 5.74) is 0.585. The second-order valence-corrected chi connectivity index (χ2v) is 5.71. The van der Waals surface area contributed by atoms with Gasteiger partial charge in [-0.2, -0.15) is 0 Å². The van der Waals surface area contributed by atoms with Crippen LogP contribution in [0.5, 0.6) is 5.75 Å². The van der Waals surface area contributed by atoms with E-state index in [1.807, 2.05) is 12.2 Å². The molecule has 3 rings (SSSR count). The molecule has 0 saturated carbocycles. The van der Waals surface area contributed by atoms with Gasteiger partial charge in [0.2, 0.25) is 0 Å². The van der Waals surface area contributed by atoms with E-state index in [1.165, 1.54) is 31.0 Å². The number of thioether (sulfide) groups is 1. The lowest BCUT2D eigenvalue weighted by molar-refractivity contribution is 0.249. The molecule has 0 saturated heterocycles. The average Bonchev–Trinajstić information content (AvgIpc) is 2.91. The fourth-order valence-corrected chi connectivity index (χ4v) is 3.33. The number of nitrogens with zero attached hydrogens (tertiary/aromatic N) is 1. The lowest BCUT2D eigenvalue weighted by atomic mass is 10.1. The number of hydrogen-bond acceptors (Lipinski definition) is 4. The van der Waals surface area contributed by atoms with Gasteiger partial charge in [-0.15, -0.1) is 0 Å². The minimum absolute atomic E-state index is 0.122. The molecule has 0 aromatic heterocycles. The molecule has 3 nitrogen and oxygen atoms in total. The maximum atomic E-state index is 13.4. The van der Waals surface area contributed by atoms with Gasteiger partial charge in [0.05, 0.1) is 13.2 Å². The maximum absolute atomic E-state index is 13.4. The molecule has 0 amide bonds. The Morgan fingerprint density at radius 2 is 2.35 bits per heavy atom. The highest BCUT2D eigenvalue weighted by molar-refractivity contribution is 8.17. The minimum Gasteiger partial charge on any atom is -0.494 e. The van der Waals surface area contributed by atoms with Gasteiger partial charge in [0.25, 0.3) is 0 Å². The molecule has 104 valence electrons. The summed E-state index contributed by atoms with van der Waals surface area (Å²) >= 11 is 1.49. The molecule has 0 bridgehead atoms. The Morgan fingerprint density at radius 3 is 3.10 bits per heavy atom. The molecule has 2 unspecified atom stereocenters. The summed E-state index contributed by atoms with van der Waals surface area (Å²) in [6.07, 6.45) is 6.11. The number of aliphatic imine (C=N–C) groups is 1. The molecule has 1 aromatic rings. The Labute approximate surface area is 120 Å². The Hall–Kier alpha value is -1.59. The van der Waals surface area contributed by atoms with Gasteiger partial charge in [0.1, 0.15) is 11.1 Å². The van der Waals surface area contributed by atoms with Crippen LogP contribution in [0.4, 0.5) is 4.39 Å². The monoisotopic (exact) mass is 291 g/mol. The number of methoxy groups -OCH3 is 1. The first kappa shape index (κ1) is 13.4. The molecule has 20 heavy (non-hydrogen) atoms. The lowest BCUT2D eigenvalue weighted by Gasteiger charge is -2.12. The van der Waals surface area contributed by atoms with E-state index in [0.29, 0.717) is 10.6 Å². The second kappa shape index (κ2) is 5.42. The fraction of sp³-hybridized carbons (Fsp3) is 0.267. The van der Waals surface area contributed by atoms with Gasteiger partial charge in [-0.05, 0) is 24.1 Å². The van der Waals surface area contributed by atoms with E-state index < -0.39 is 11.9 Å². The molecule has 0 fully saturated rings. The summed E-state index contributed by atoms with van der Waals surface area (Å²) in [4.78, 5) is 5.69. The first-order chi connectivity index (χ1) is 9.69. The summed E-state index contributed by atoms with van der Waals surface area (Å²) in [6.45, 7) is 0. The van der Waals surface area contributed by atoms with E-state index in [9.17, 15) is 9.50 Å². The van der Waals surface area contributed by atoms with Gasteiger partial charge in [-0.1, -0.05) is 36.1 Å². The Kier molecular flexibility index (Phi) is 3.63. The first-order valence-electron chi connectivity index (χ1n) is 6.33. The van der Waals surface area contributed by atoms with Crippen LogP contribution in [-0.2, 0) is 0 Å². The number of halogens is 1. The quantitative estimate of drug-likeness (QED) is 0.929. The molecule has 0 radical (unpaired) electrons. The van der Waals surface area contributed by atoms with Crippen molar-refractivity contribution in [2.24, 2.45) is 4.99 Å². The number of ether oxygens (including phenoxy) is 1. The van der Waals surface area contributed by atoms with E-state index in [4.69, 9.17) is 4.74 Å². The molecule has 1 aliphatic carbocycles. The largest absolute Gasteiger partial charge is 0.494 e. The molecule has 2 atom stereocenters. The van der Waals surface area contributed by atoms with Crippen LogP contribution in [0, 0.1) is 5.82 Å². The zero-order valence-electron chi connectivity index (χ0n) is 10.9. The number of hydrogen-bond donors (Lipinski definition) is 1.